The molecule has 0 unspecified atom stereocenters. The molecule has 8 bridgehead atoms. The third kappa shape index (κ3) is 13.3. The first-order chi connectivity index (χ1) is 51.2. The van der Waals surface area contributed by atoms with Crippen molar-refractivity contribution in [1.82, 2.24) is 39.9 Å². The maximum atomic E-state index is 10.2. The van der Waals surface area contributed by atoms with Crippen LogP contribution in [0, 0.1) is 0 Å². The highest BCUT2D eigenvalue weighted by molar-refractivity contribution is 6.11. The molecule has 11 aromatic carbocycles. The van der Waals surface area contributed by atoms with Crippen LogP contribution in [0.2, 0.25) is 0 Å². The zero-order valence-corrected chi connectivity index (χ0v) is 65.7. The molecule has 0 fully saturated rings. The minimum Gasteiger partial charge on any atom is -0.392 e. The summed E-state index contributed by atoms with van der Waals surface area (Å²) in [5.41, 5.74) is 28.5. The van der Waals surface area contributed by atoms with E-state index < -0.39 is 0 Å². The van der Waals surface area contributed by atoms with Gasteiger partial charge in [0.15, 0.2) is 23.3 Å². The number of nitrogens with one attached hydrogen (secondary N) is 2. The third-order valence-electron chi connectivity index (χ3n) is 22.1. The van der Waals surface area contributed by atoms with Crippen LogP contribution in [0.4, 0.5) is 0 Å². The molecule has 0 radical (unpaired) electrons. The van der Waals surface area contributed by atoms with Crippen LogP contribution < -0.4 is 0 Å². The van der Waals surface area contributed by atoms with Gasteiger partial charge < -0.3 is 15.1 Å². The van der Waals surface area contributed by atoms with Gasteiger partial charge in [-0.15, -0.1) is 0 Å². The Morgan fingerprint density at radius 2 is 0.426 bits per heavy atom. The van der Waals surface area contributed by atoms with Gasteiger partial charge in [0.1, 0.15) is 22.6 Å². The van der Waals surface area contributed by atoms with E-state index in [2.05, 4.69) is 347 Å². The highest BCUT2D eigenvalue weighted by atomic mass is 16.3. The van der Waals surface area contributed by atoms with Gasteiger partial charge in [0.05, 0.1) is 6.61 Å². The van der Waals surface area contributed by atoms with Crippen molar-refractivity contribution in [2.75, 3.05) is 0 Å². The maximum absolute atomic E-state index is 10.2. The van der Waals surface area contributed by atoms with E-state index in [-0.39, 0.29) is 39.1 Å². The van der Waals surface area contributed by atoms with E-state index in [1.165, 1.54) is 33.4 Å². The van der Waals surface area contributed by atoms with Crippen LogP contribution >= 0.6 is 0 Å². The number of benzene rings is 11. The van der Waals surface area contributed by atoms with Crippen molar-refractivity contribution >= 4 is 44.1 Å². The first kappa shape index (κ1) is 71.0. The summed E-state index contributed by atoms with van der Waals surface area (Å²) in [7, 11) is 0. The number of nitrogens with zero attached hydrogens (tertiary/aromatic N) is 6. The second-order valence-electron chi connectivity index (χ2n) is 36.0. The highest BCUT2D eigenvalue weighted by Gasteiger charge is 2.30. The van der Waals surface area contributed by atoms with Gasteiger partial charge in [0.25, 0.3) is 0 Å². The van der Waals surface area contributed by atoms with Crippen LogP contribution in [-0.2, 0) is 39.1 Å². The molecule has 16 rings (SSSR count). The average Bonchev–Trinajstić information content (AvgIpc) is 1.58. The second kappa shape index (κ2) is 26.0. The molecule has 3 N–H and O–H groups in total. The second-order valence-corrected chi connectivity index (χ2v) is 36.0. The van der Waals surface area contributed by atoms with Crippen molar-refractivity contribution in [2.45, 2.75) is 164 Å². The molecular formula is C99H96N8O. The van der Waals surface area contributed by atoms with E-state index in [1.54, 1.807) is 0 Å². The molecule has 0 spiro atoms. The van der Waals surface area contributed by atoms with Crippen molar-refractivity contribution in [2.24, 2.45) is 0 Å². The van der Waals surface area contributed by atoms with Crippen LogP contribution in [0.1, 0.15) is 164 Å². The quantitative estimate of drug-likeness (QED) is 0.138. The number of fused-ring (bicyclic) bond motifs is 20. The Bertz CT molecular complexity index is 6060. The lowest BCUT2D eigenvalue weighted by Crippen LogP contribution is -2.10. The number of hydrogen-bond acceptors (Lipinski definition) is 7. The smallest absolute Gasteiger partial charge is 0.164 e. The summed E-state index contributed by atoms with van der Waals surface area (Å²) in [5, 5.41) is 13.6. The lowest BCUT2D eigenvalue weighted by molar-refractivity contribution is 0.282. The predicted molar refractivity (Wildman–Crippen MR) is 452 cm³/mol. The Morgan fingerprint density at radius 3 is 0.667 bits per heavy atom. The molecule has 9 nitrogen and oxygen atoms in total. The van der Waals surface area contributed by atoms with Crippen molar-refractivity contribution in [3.63, 3.8) is 0 Å². The lowest BCUT2D eigenvalue weighted by Gasteiger charge is -2.21. The molecule has 9 heteroatoms. The Kier molecular flexibility index (Phi) is 17.1. The zero-order chi connectivity index (χ0) is 75.9. The van der Waals surface area contributed by atoms with E-state index in [0.717, 1.165) is 127 Å². The summed E-state index contributed by atoms with van der Waals surface area (Å²) in [4.78, 5) is 42.2. The van der Waals surface area contributed by atoms with Crippen LogP contribution in [0.5, 0.6) is 0 Å². The minimum absolute atomic E-state index is 0.0483. The van der Waals surface area contributed by atoms with E-state index >= 15 is 0 Å². The number of H-pyrrole nitrogens is 2. The monoisotopic (exact) mass is 1410 g/mol. The molecule has 14 aromatic rings. The first-order valence-electron chi connectivity index (χ1n) is 38.1. The van der Waals surface area contributed by atoms with Gasteiger partial charge in [0.2, 0.25) is 0 Å². The summed E-state index contributed by atoms with van der Waals surface area (Å²) in [6.45, 7) is 40.7. The normalized spacial score (nSPS) is 12.8. The Hall–Kier alpha value is -11.3. The van der Waals surface area contributed by atoms with Crippen LogP contribution in [0.3, 0.4) is 0 Å². The summed E-state index contributed by atoms with van der Waals surface area (Å²) in [5.74, 6) is 2.00. The Balaban J connectivity index is 1.05. The largest absolute Gasteiger partial charge is 0.392 e. The van der Waals surface area contributed by atoms with Crippen LogP contribution in [0.15, 0.2) is 224 Å². The number of aliphatic hydroxyl groups is 1. The van der Waals surface area contributed by atoms with Crippen LogP contribution in [-0.4, -0.2) is 45.0 Å². The number of aromatic nitrogens is 8. The topological polar surface area (TPSA) is 129 Å². The van der Waals surface area contributed by atoms with E-state index in [9.17, 15) is 5.11 Å². The first-order valence-corrected chi connectivity index (χ1v) is 38.1. The number of aliphatic hydroxyl groups excluding tert-OH is 1. The van der Waals surface area contributed by atoms with Crippen LogP contribution in [0.25, 0.3) is 168 Å². The van der Waals surface area contributed by atoms with Gasteiger partial charge in [-0.3, -0.25) is 0 Å². The Morgan fingerprint density at radius 1 is 0.213 bits per heavy atom. The van der Waals surface area contributed by atoms with Gasteiger partial charge >= 0.3 is 0 Å². The molecule has 108 heavy (non-hydrogen) atoms. The SMILES string of the molecule is CC(C)(C)c1ccc(-c2cc3c(cc2-c2ccc(C(C)(C)C)cc2)-c2nc-3nc3[nH]c(nc4nc(nc5[nH]c(n2)c2cc(-c6ccc(C(C)(C)C)cc6)c(-c6ccc(C(C)(C)C)cc6)cc52)-c2cc(-c5ccc(C(C)(C)C)cc5)c(-c5ccc(C(C)(C)C)cc5)cc2-4)c2cc(-c4ccc(CO)cc4)ccc32)cc1. The molecule has 2 aliphatic heterocycles. The summed E-state index contributed by atoms with van der Waals surface area (Å²) < 4.78 is 0. The lowest BCUT2D eigenvalue weighted by atomic mass is 9.84. The highest BCUT2D eigenvalue weighted by Crippen LogP contribution is 2.49. The Labute approximate surface area is 635 Å². The van der Waals surface area contributed by atoms with Crippen molar-refractivity contribution in [3.05, 3.63) is 263 Å². The fourth-order valence-corrected chi connectivity index (χ4v) is 15.2. The van der Waals surface area contributed by atoms with Crippen molar-refractivity contribution in [1.29, 1.82) is 0 Å². The van der Waals surface area contributed by atoms with Crippen molar-refractivity contribution < 1.29 is 5.11 Å². The van der Waals surface area contributed by atoms with Gasteiger partial charge in [-0.05, 0) is 198 Å². The molecule has 0 saturated heterocycles. The molecule has 3 aromatic heterocycles. The molecule has 0 saturated carbocycles. The zero-order valence-electron chi connectivity index (χ0n) is 65.7. The summed E-state index contributed by atoms with van der Waals surface area (Å²) >= 11 is 0. The van der Waals surface area contributed by atoms with Gasteiger partial charge in [-0.1, -0.05) is 301 Å². The standard InChI is InChI=1S/C99H96N8O/c1-94(2,3)66-36-23-59(24-37-66)73-50-80-81(51-74(73)60-25-38-67(39-26-60)95(4,5)6)90-103-88(80)101-86-72-48-35-65(58-21-19-57(56-108)20-22-58)49-79(72)87(100-86)102-89-82-52-75(61-27-40-68(41-28-61)96(7,8)9)76(62-29-42-69(43-30-62)97(10,11)12)53-83(82)91(104-89)106-93-85-55-78(64-33-46-71(47-34-64)99(16,17)18)77(54-84(85)92(105-90)107-93)63-31-44-70(45-32-63)98(13,14)15/h19-55,108H,56H2,1-18H3,(H2,100,101,102,103,104,105,106,107). The third-order valence-corrected chi connectivity index (χ3v) is 22.1. The molecule has 0 aliphatic carbocycles. The fraction of sp³-hybridized carbons (Fsp3) is 0.253. The molecular weight excluding hydrogens is 1320 g/mol. The number of rotatable bonds is 8. The minimum atomic E-state index is -0.0548. The van der Waals surface area contributed by atoms with Gasteiger partial charge in [-0.25, -0.2) is 29.9 Å². The van der Waals surface area contributed by atoms with E-state index in [1.807, 2.05) is 12.1 Å². The number of aromatic amines is 2. The summed E-state index contributed by atoms with van der Waals surface area (Å²) in [6.07, 6.45) is 0. The van der Waals surface area contributed by atoms with Crippen molar-refractivity contribution in [3.8, 4) is 123 Å². The van der Waals surface area contributed by atoms with E-state index in [0.29, 0.717) is 45.9 Å². The number of hydrogen-bond donors (Lipinski definition) is 3. The summed E-state index contributed by atoms with van der Waals surface area (Å²) in [6, 6.07) is 82.7. The fourth-order valence-electron chi connectivity index (χ4n) is 15.2. The molecule has 0 atom stereocenters. The molecule has 538 valence electrons. The predicted octanol–water partition coefficient (Wildman–Crippen LogP) is 25.8. The molecule has 2 aliphatic rings. The molecule has 0 amide bonds. The average molecular weight is 1410 g/mol. The van der Waals surface area contributed by atoms with Gasteiger partial charge in [0, 0.05) is 43.8 Å². The van der Waals surface area contributed by atoms with Gasteiger partial charge in [-0.2, -0.15) is 0 Å². The van der Waals surface area contributed by atoms with E-state index in [4.69, 9.17) is 29.9 Å². The molecule has 5 heterocycles. The maximum Gasteiger partial charge on any atom is 0.164 e.